The normalized spacial score (nSPS) is 13.9. The molecule has 1 aromatic heterocycles. The summed E-state index contributed by atoms with van der Waals surface area (Å²) in [5, 5.41) is 7.35. The van der Waals surface area contributed by atoms with Crippen LogP contribution in [0.4, 0.5) is 11.5 Å². The number of halogens is 1. The topological polar surface area (TPSA) is 88.6 Å². The quantitative estimate of drug-likeness (QED) is 0.605. The maximum atomic E-state index is 12.6. The fourth-order valence-corrected chi connectivity index (χ4v) is 3.58. The van der Waals surface area contributed by atoms with Gasteiger partial charge in [-0.25, -0.2) is 4.98 Å². The molecule has 8 nitrogen and oxygen atoms in total. The van der Waals surface area contributed by atoms with Crippen molar-refractivity contribution in [1.29, 1.82) is 0 Å². The highest BCUT2D eigenvalue weighted by molar-refractivity contribution is 6.28. The molecule has 0 unspecified atom stereocenters. The number of nitrogens with zero attached hydrogens (tertiary/aromatic N) is 3. The fourth-order valence-electron chi connectivity index (χ4n) is 3.41. The van der Waals surface area contributed by atoms with Crippen molar-refractivity contribution in [2.24, 2.45) is 0 Å². The highest BCUT2D eigenvalue weighted by Gasteiger charge is 2.18. The molecule has 4 rings (SSSR count). The first kappa shape index (κ1) is 20.2. The highest BCUT2D eigenvalue weighted by atomic mass is 35.5. The number of carbonyl (C=O) groups is 1. The van der Waals surface area contributed by atoms with Gasteiger partial charge in [0.15, 0.2) is 11.5 Å². The van der Waals surface area contributed by atoms with Crippen LogP contribution < -0.4 is 20.1 Å². The van der Waals surface area contributed by atoms with Crippen LogP contribution in [0, 0.1) is 0 Å². The van der Waals surface area contributed by atoms with Crippen molar-refractivity contribution < 1.29 is 14.3 Å². The van der Waals surface area contributed by atoms with Crippen LogP contribution in [0.3, 0.4) is 0 Å². The van der Waals surface area contributed by atoms with E-state index in [0.717, 1.165) is 37.3 Å². The SMILES string of the molecule is COc1cc2nc(Cl)nc(Nc3ccc(C(=O)N4CCNCC4)cc3)c2cc1OC. The Kier molecular flexibility index (Phi) is 5.87. The van der Waals surface area contributed by atoms with Gasteiger partial charge in [0.25, 0.3) is 5.91 Å². The summed E-state index contributed by atoms with van der Waals surface area (Å²) in [5.41, 5.74) is 2.05. The van der Waals surface area contributed by atoms with Crippen molar-refractivity contribution in [3.63, 3.8) is 0 Å². The van der Waals surface area contributed by atoms with Crippen molar-refractivity contribution in [2.75, 3.05) is 45.7 Å². The van der Waals surface area contributed by atoms with Gasteiger partial charge in [-0.2, -0.15) is 4.98 Å². The Labute approximate surface area is 179 Å². The van der Waals surface area contributed by atoms with Gasteiger partial charge in [0.1, 0.15) is 5.82 Å². The number of rotatable bonds is 5. The van der Waals surface area contributed by atoms with Gasteiger partial charge in [0.2, 0.25) is 5.28 Å². The van der Waals surface area contributed by atoms with E-state index in [-0.39, 0.29) is 11.2 Å². The van der Waals surface area contributed by atoms with Crippen molar-refractivity contribution >= 4 is 39.9 Å². The van der Waals surface area contributed by atoms with Crippen molar-refractivity contribution in [2.45, 2.75) is 0 Å². The van der Waals surface area contributed by atoms with Crippen LogP contribution in [0.2, 0.25) is 5.28 Å². The van der Waals surface area contributed by atoms with Gasteiger partial charge in [-0.15, -0.1) is 0 Å². The second kappa shape index (κ2) is 8.73. The number of hydrogen-bond donors (Lipinski definition) is 2. The minimum atomic E-state index is 0.0374. The number of hydrogen-bond acceptors (Lipinski definition) is 7. The molecule has 1 saturated heterocycles. The number of carbonyl (C=O) groups excluding carboxylic acids is 1. The van der Waals surface area contributed by atoms with Gasteiger partial charge in [0, 0.05) is 48.9 Å². The second-order valence-corrected chi connectivity index (χ2v) is 7.15. The number of ether oxygens (including phenoxy) is 2. The van der Waals surface area contributed by atoms with Crippen LogP contribution in [0.15, 0.2) is 36.4 Å². The molecule has 30 heavy (non-hydrogen) atoms. The molecule has 0 atom stereocenters. The number of aromatic nitrogens is 2. The van der Waals surface area contributed by atoms with Gasteiger partial charge < -0.3 is 25.0 Å². The fraction of sp³-hybridized carbons (Fsp3) is 0.286. The Morgan fingerprint density at radius 3 is 2.40 bits per heavy atom. The molecule has 1 aliphatic heterocycles. The van der Waals surface area contributed by atoms with Gasteiger partial charge in [-0.05, 0) is 41.9 Å². The van der Waals surface area contributed by atoms with E-state index in [1.54, 1.807) is 38.5 Å². The summed E-state index contributed by atoms with van der Waals surface area (Å²) < 4.78 is 10.7. The number of benzene rings is 2. The average molecular weight is 428 g/mol. The Balaban J connectivity index is 1.61. The molecule has 2 heterocycles. The molecular weight excluding hydrogens is 406 g/mol. The van der Waals surface area contributed by atoms with Crippen LogP contribution in [0.1, 0.15) is 10.4 Å². The molecule has 1 aliphatic rings. The third-order valence-electron chi connectivity index (χ3n) is 4.97. The highest BCUT2D eigenvalue weighted by Crippen LogP contribution is 2.35. The number of methoxy groups -OCH3 is 2. The summed E-state index contributed by atoms with van der Waals surface area (Å²) in [5.74, 6) is 1.69. The summed E-state index contributed by atoms with van der Waals surface area (Å²) in [6.45, 7) is 3.08. The first-order valence-electron chi connectivity index (χ1n) is 9.55. The van der Waals surface area contributed by atoms with Crippen LogP contribution in [0.25, 0.3) is 10.9 Å². The number of anilines is 2. The lowest BCUT2D eigenvalue weighted by Gasteiger charge is -2.27. The van der Waals surface area contributed by atoms with E-state index in [1.165, 1.54) is 0 Å². The second-order valence-electron chi connectivity index (χ2n) is 6.81. The summed E-state index contributed by atoms with van der Waals surface area (Å²) in [4.78, 5) is 23.1. The molecule has 2 N–H and O–H groups in total. The number of nitrogens with one attached hydrogen (secondary N) is 2. The lowest BCUT2D eigenvalue weighted by molar-refractivity contribution is 0.0736. The molecule has 3 aromatic rings. The predicted molar refractivity (Wildman–Crippen MR) is 116 cm³/mol. The van der Waals surface area contributed by atoms with Crippen LogP contribution >= 0.6 is 11.6 Å². The van der Waals surface area contributed by atoms with E-state index < -0.39 is 0 Å². The summed E-state index contributed by atoms with van der Waals surface area (Å²) >= 11 is 6.12. The average Bonchev–Trinajstić information content (AvgIpc) is 2.78. The molecule has 1 amide bonds. The first-order chi connectivity index (χ1) is 14.6. The standard InChI is InChI=1S/C21H22ClN5O3/c1-29-17-11-15-16(12-18(17)30-2)25-21(22)26-19(15)24-14-5-3-13(4-6-14)20(28)27-9-7-23-8-10-27/h3-6,11-12,23H,7-10H2,1-2H3,(H,24,25,26). The number of amides is 1. The predicted octanol–water partition coefficient (Wildman–Crippen LogP) is 3.09. The molecule has 0 saturated carbocycles. The van der Waals surface area contributed by atoms with Gasteiger partial charge in [0.05, 0.1) is 19.7 Å². The Morgan fingerprint density at radius 1 is 1.07 bits per heavy atom. The number of fused-ring (bicyclic) bond motifs is 1. The Bertz CT molecular complexity index is 1070. The van der Waals surface area contributed by atoms with Crippen molar-refractivity contribution in [1.82, 2.24) is 20.2 Å². The molecule has 0 bridgehead atoms. The molecule has 1 fully saturated rings. The molecule has 9 heteroatoms. The zero-order valence-electron chi connectivity index (χ0n) is 16.7. The van der Waals surface area contributed by atoms with E-state index in [4.69, 9.17) is 21.1 Å². The van der Waals surface area contributed by atoms with Crippen molar-refractivity contribution in [3.05, 3.63) is 47.2 Å². The molecule has 2 aromatic carbocycles. The van der Waals surface area contributed by atoms with Gasteiger partial charge in [-0.3, -0.25) is 4.79 Å². The zero-order chi connectivity index (χ0) is 21.1. The minimum absolute atomic E-state index is 0.0374. The lowest BCUT2D eigenvalue weighted by atomic mass is 10.1. The van der Waals surface area contributed by atoms with E-state index in [2.05, 4.69) is 20.6 Å². The number of piperazine rings is 1. The van der Waals surface area contributed by atoms with Crippen molar-refractivity contribution in [3.8, 4) is 11.5 Å². The van der Waals surface area contributed by atoms with Gasteiger partial charge in [-0.1, -0.05) is 0 Å². The molecular formula is C21H22ClN5O3. The summed E-state index contributed by atoms with van der Waals surface area (Å²) in [7, 11) is 3.14. The molecule has 0 spiro atoms. The van der Waals surface area contributed by atoms with E-state index >= 15 is 0 Å². The van der Waals surface area contributed by atoms with E-state index in [9.17, 15) is 4.79 Å². The van der Waals surface area contributed by atoms with E-state index in [0.29, 0.717) is 28.4 Å². The Morgan fingerprint density at radius 2 is 1.73 bits per heavy atom. The van der Waals surface area contributed by atoms with Crippen LogP contribution in [-0.4, -0.2) is 61.2 Å². The Hall–Kier alpha value is -3.10. The third-order valence-corrected chi connectivity index (χ3v) is 5.14. The lowest BCUT2D eigenvalue weighted by Crippen LogP contribution is -2.46. The van der Waals surface area contributed by atoms with Gasteiger partial charge >= 0.3 is 0 Å². The van der Waals surface area contributed by atoms with Crippen LogP contribution in [-0.2, 0) is 0 Å². The van der Waals surface area contributed by atoms with Crippen LogP contribution in [0.5, 0.6) is 11.5 Å². The first-order valence-corrected chi connectivity index (χ1v) is 9.93. The maximum Gasteiger partial charge on any atom is 0.253 e. The minimum Gasteiger partial charge on any atom is -0.493 e. The summed E-state index contributed by atoms with van der Waals surface area (Å²) in [6.07, 6.45) is 0. The molecule has 0 radical (unpaired) electrons. The summed E-state index contributed by atoms with van der Waals surface area (Å²) in [6, 6.07) is 10.9. The third kappa shape index (κ3) is 4.10. The molecule has 0 aliphatic carbocycles. The van der Waals surface area contributed by atoms with E-state index in [1.807, 2.05) is 17.0 Å². The molecule has 156 valence electrons. The largest absolute Gasteiger partial charge is 0.493 e. The maximum absolute atomic E-state index is 12.6. The monoisotopic (exact) mass is 427 g/mol. The smallest absolute Gasteiger partial charge is 0.253 e. The zero-order valence-corrected chi connectivity index (χ0v) is 17.5.